The minimum absolute atomic E-state index is 0.633. The molecule has 0 amide bonds. The number of hydrogen-bond acceptors (Lipinski definition) is 5. The number of imidazole rings is 1. The van der Waals surface area contributed by atoms with Crippen molar-refractivity contribution < 1.29 is 0 Å². The molecule has 1 unspecified atom stereocenters. The predicted molar refractivity (Wildman–Crippen MR) is 117 cm³/mol. The number of aromatic nitrogens is 4. The van der Waals surface area contributed by atoms with Crippen LogP contribution in [0.3, 0.4) is 0 Å². The van der Waals surface area contributed by atoms with Crippen molar-refractivity contribution in [1.29, 1.82) is 0 Å². The Morgan fingerprint density at radius 2 is 2.00 bits per heavy atom. The third-order valence-electron chi connectivity index (χ3n) is 5.62. The first-order valence-corrected chi connectivity index (χ1v) is 10.2. The van der Waals surface area contributed by atoms with E-state index in [0.29, 0.717) is 6.04 Å². The normalized spacial score (nSPS) is 16.4. The van der Waals surface area contributed by atoms with Gasteiger partial charge in [-0.25, -0.2) is 14.5 Å². The molecule has 1 aliphatic heterocycles. The number of pyridine rings is 1. The molecule has 1 fully saturated rings. The van der Waals surface area contributed by atoms with Gasteiger partial charge in [-0.1, -0.05) is 37.3 Å². The average molecular weight is 384 g/mol. The maximum atomic E-state index is 4.68. The summed E-state index contributed by atoms with van der Waals surface area (Å²) >= 11 is 0. The van der Waals surface area contributed by atoms with E-state index >= 15 is 0 Å². The van der Waals surface area contributed by atoms with Crippen molar-refractivity contribution in [2.45, 2.75) is 32.2 Å². The summed E-state index contributed by atoms with van der Waals surface area (Å²) in [6, 6.07) is 17.0. The number of nitrogens with zero attached hydrogens (tertiary/aromatic N) is 5. The standard InChI is InChI=1S/C23H24N6/c1-2-18-9-6-13-28(18)19-10-11-22(25-16-19)26-21-15-20(17-7-4-3-5-8-17)27-29-14-12-24-23(21)29/h3-5,7-8,10-12,14-16,18H,2,6,9,13H2,1H3,(H,25,26). The zero-order valence-corrected chi connectivity index (χ0v) is 16.5. The molecule has 0 saturated carbocycles. The number of benzene rings is 1. The number of anilines is 3. The van der Waals surface area contributed by atoms with Gasteiger partial charge in [0.05, 0.1) is 23.3 Å². The fraction of sp³-hybridized carbons (Fsp3) is 0.261. The predicted octanol–water partition coefficient (Wildman–Crippen LogP) is 4.91. The maximum Gasteiger partial charge on any atom is 0.177 e. The molecular formula is C23H24N6. The molecule has 1 aromatic carbocycles. The van der Waals surface area contributed by atoms with Crippen LogP contribution in [0.15, 0.2) is 67.1 Å². The Kier molecular flexibility index (Phi) is 4.60. The van der Waals surface area contributed by atoms with Gasteiger partial charge in [-0.3, -0.25) is 0 Å². The lowest BCUT2D eigenvalue weighted by atomic mass is 10.1. The lowest BCUT2D eigenvalue weighted by Gasteiger charge is -2.25. The maximum absolute atomic E-state index is 4.68. The fourth-order valence-corrected chi connectivity index (χ4v) is 4.13. The van der Waals surface area contributed by atoms with Crippen LogP contribution in [0.4, 0.5) is 17.2 Å². The highest BCUT2D eigenvalue weighted by atomic mass is 15.3. The quantitative estimate of drug-likeness (QED) is 0.530. The van der Waals surface area contributed by atoms with E-state index in [9.17, 15) is 0 Å². The molecule has 1 aliphatic rings. The van der Waals surface area contributed by atoms with E-state index in [2.05, 4.69) is 50.4 Å². The van der Waals surface area contributed by atoms with Crippen molar-refractivity contribution in [3.8, 4) is 11.3 Å². The van der Waals surface area contributed by atoms with Crippen molar-refractivity contribution in [1.82, 2.24) is 19.6 Å². The van der Waals surface area contributed by atoms with Gasteiger partial charge < -0.3 is 10.2 Å². The van der Waals surface area contributed by atoms with Crippen molar-refractivity contribution >= 4 is 22.8 Å². The van der Waals surface area contributed by atoms with Gasteiger partial charge in [0.25, 0.3) is 0 Å². The second-order valence-electron chi connectivity index (χ2n) is 7.43. The summed E-state index contributed by atoms with van der Waals surface area (Å²) in [7, 11) is 0. The summed E-state index contributed by atoms with van der Waals surface area (Å²) in [5.74, 6) is 0.802. The van der Waals surface area contributed by atoms with Gasteiger partial charge in [-0.2, -0.15) is 5.10 Å². The molecule has 6 nitrogen and oxygen atoms in total. The third kappa shape index (κ3) is 3.42. The summed E-state index contributed by atoms with van der Waals surface area (Å²) in [6.45, 7) is 3.38. The van der Waals surface area contributed by atoms with Crippen LogP contribution >= 0.6 is 0 Å². The van der Waals surface area contributed by atoms with Crippen LogP contribution in [0.25, 0.3) is 16.9 Å². The fourth-order valence-electron chi connectivity index (χ4n) is 4.13. The summed E-state index contributed by atoms with van der Waals surface area (Å²) in [5, 5.41) is 8.11. The van der Waals surface area contributed by atoms with Gasteiger partial charge in [0.2, 0.25) is 0 Å². The number of rotatable bonds is 5. The minimum atomic E-state index is 0.633. The molecule has 6 heteroatoms. The highest BCUT2D eigenvalue weighted by Gasteiger charge is 2.23. The Bertz CT molecular complexity index is 1100. The summed E-state index contributed by atoms with van der Waals surface area (Å²) in [4.78, 5) is 11.6. The van der Waals surface area contributed by atoms with Crippen molar-refractivity contribution in [3.05, 3.63) is 67.1 Å². The average Bonchev–Trinajstić information content (AvgIpc) is 3.44. The van der Waals surface area contributed by atoms with Crippen LogP contribution in [0.2, 0.25) is 0 Å². The topological polar surface area (TPSA) is 58.4 Å². The molecular weight excluding hydrogens is 360 g/mol. The summed E-state index contributed by atoms with van der Waals surface area (Å²) in [6.07, 6.45) is 9.30. The molecule has 0 spiro atoms. The summed E-state index contributed by atoms with van der Waals surface area (Å²) in [5.41, 5.74) is 4.82. The lowest BCUT2D eigenvalue weighted by molar-refractivity contribution is 0.645. The molecule has 1 N–H and O–H groups in total. The zero-order valence-electron chi connectivity index (χ0n) is 16.5. The van der Waals surface area contributed by atoms with Crippen LogP contribution in [-0.2, 0) is 0 Å². The van der Waals surface area contributed by atoms with E-state index < -0.39 is 0 Å². The van der Waals surface area contributed by atoms with E-state index in [1.807, 2.05) is 42.7 Å². The molecule has 4 aromatic rings. The molecule has 29 heavy (non-hydrogen) atoms. The van der Waals surface area contributed by atoms with Crippen LogP contribution in [0.1, 0.15) is 26.2 Å². The van der Waals surface area contributed by atoms with Crippen molar-refractivity contribution in [2.75, 3.05) is 16.8 Å². The van der Waals surface area contributed by atoms with Gasteiger partial charge in [-0.05, 0) is 37.5 Å². The Hall–Kier alpha value is -3.41. The second-order valence-corrected chi connectivity index (χ2v) is 7.43. The summed E-state index contributed by atoms with van der Waals surface area (Å²) < 4.78 is 1.80. The molecule has 1 saturated heterocycles. The van der Waals surface area contributed by atoms with E-state index in [-0.39, 0.29) is 0 Å². The van der Waals surface area contributed by atoms with Crippen molar-refractivity contribution in [3.63, 3.8) is 0 Å². The lowest BCUT2D eigenvalue weighted by Crippen LogP contribution is -2.28. The van der Waals surface area contributed by atoms with Crippen molar-refractivity contribution in [2.24, 2.45) is 0 Å². The van der Waals surface area contributed by atoms with Crippen LogP contribution in [-0.4, -0.2) is 32.2 Å². The molecule has 1 atom stereocenters. The third-order valence-corrected chi connectivity index (χ3v) is 5.62. The van der Waals surface area contributed by atoms with E-state index in [4.69, 9.17) is 0 Å². The number of nitrogens with one attached hydrogen (secondary N) is 1. The number of fused-ring (bicyclic) bond motifs is 1. The first-order chi connectivity index (χ1) is 14.3. The largest absolute Gasteiger partial charge is 0.367 e. The number of hydrogen-bond donors (Lipinski definition) is 1. The Morgan fingerprint density at radius 1 is 1.10 bits per heavy atom. The first-order valence-electron chi connectivity index (χ1n) is 10.2. The second kappa shape index (κ2) is 7.54. The molecule has 0 radical (unpaired) electrons. The van der Waals surface area contributed by atoms with Gasteiger partial charge in [-0.15, -0.1) is 0 Å². The molecule has 0 bridgehead atoms. The van der Waals surface area contributed by atoms with Crippen LogP contribution < -0.4 is 10.2 Å². The molecule has 0 aliphatic carbocycles. The smallest absolute Gasteiger partial charge is 0.177 e. The van der Waals surface area contributed by atoms with Crippen LogP contribution in [0.5, 0.6) is 0 Å². The Balaban J connectivity index is 1.45. The van der Waals surface area contributed by atoms with E-state index in [1.54, 1.807) is 10.7 Å². The highest BCUT2D eigenvalue weighted by molar-refractivity contribution is 5.77. The zero-order chi connectivity index (χ0) is 19.6. The van der Waals surface area contributed by atoms with Crippen LogP contribution in [0, 0.1) is 0 Å². The highest BCUT2D eigenvalue weighted by Crippen LogP contribution is 2.29. The monoisotopic (exact) mass is 384 g/mol. The SMILES string of the molecule is CCC1CCCN1c1ccc(Nc2cc(-c3ccccc3)nn3ccnc23)nc1. The first kappa shape index (κ1) is 17.7. The van der Waals surface area contributed by atoms with Gasteiger partial charge in [0.15, 0.2) is 5.65 Å². The molecule has 4 heterocycles. The minimum Gasteiger partial charge on any atom is -0.367 e. The van der Waals surface area contributed by atoms with Gasteiger partial charge >= 0.3 is 0 Å². The molecule has 5 rings (SSSR count). The Morgan fingerprint density at radius 3 is 2.79 bits per heavy atom. The van der Waals surface area contributed by atoms with E-state index in [1.165, 1.54) is 24.9 Å². The molecule has 146 valence electrons. The Labute approximate surface area is 170 Å². The molecule has 3 aromatic heterocycles. The van der Waals surface area contributed by atoms with Gasteiger partial charge in [0, 0.05) is 30.5 Å². The van der Waals surface area contributed by atoms with E-state index in [0.717, 1.165) is 35.0 Å². The van der Waals surface area contributed by atoms with Gasteiger partial charge in [0.1, 0.15) is 5.82 Å².